The van der Waals surface area contributed by atoms with E-state index in [1.54, 1.807) is 0 Å². The topological polar surface area (TPSA) is 172 Å². The number of carbonyl (C=O) groups is 3. The predicted molar refractivity (Wildman–Crippen MR) is 238 cm³/mol. The van der Waals surface area contributed by atoms with Gasteiger partial charge in [-0.1, -0.05) is 60.7 Å². The van der Waals surface area contributed by atoms with Crippen LogP contribution in [0.25, 0.3) is 22.3 Å². The zero-order chi connectivity index (χ0) is 43.1. The van der Waals surface area contributed by atoms with Crippen LogP contribution in [0.1, 0.15) is 53.9 Å². The number of amidine groups is 2. The van der Waals surface area contributed by atoms with Crippen LogP contribution in [-0.4, -0.2) is 96.0 Å². The van der Waals surface area contributed by atoms with Gasteiger partial charge in [0, 0.05) is 48.1 Å². The average Bonchev–Trinajstić information content (AvgIpc) is 3.22. The molecule has 5 N–H and O–H groups in total. The van der Waals surface area contributed by atoms with Crippen molar-refractivity contribution in [2.45, 2.75) is 77.0 Å². The third-order valence-electron chi connectivity index (χ3n) is 11.8. The lowest BCUT2D eigenvalue weighted by Crippen LogP contribution is -2.62. The molecule has 2 atom stereocenters. The summed E-state index contributed by atoms with van der Waals surface area (Å²) in [7, 11) is 2.12. The van der Waals surface area contributed by atoms with Gasteiger partial charge in [-0.25, -0.2) is 10.9 Å². The second-order valence-corrected chi connectivity index (χ2v) is 17.1. The van der Waals surface area contributed by atoms with Crippen molar-refractivity contribution in [2.24, 2.45) is 10.2 Å². The fourth-order valence-electron chi connectivity index (χ4n) is 8.77. The molecule has 5 heterocycles. The third kappa shape index (κ3) is 8.42. The summed E-state index contributed by atoms with van der Waals surface area (Å²) in [6.45, 7) is 12.0. The van der Waals surface area contributed by atoms with Gasteiger partial charge in [0.2, 0.25) is 0 Å². The van der Waals surface area contributed by atoms with Crippen LogP contribution in [0.5, 0.6) is 11.5 Å². The molecule has 1 aliphatic carbocycles. The minimum Gasteiger partial charge on any atom is -0.483 e. The number of anilines is 4. The van der Waals surface area contributed by atoms with Crippen molar-refractivity contribution in [3.8, 4) is 33.8 Å². The van der Waals surface area contributed by atoms with Crippen LogP contribution in [0.4, 0.5) is 22.7 Å². The van der Waals surface area contributed by atoms with Gasteiger partial charge in [-0.3, -0.25) is 14.4 Å². The third-order valence-corrected chi connectivity index (χ3v) is 11.8. The van der Waals surface area contributed by atoms with Crippen LogP contribution in [0, 0.1) is 0 Å². The van der Waals surface area contributed by atoms with Gasteiger partial charge < -0.3 is 39.9 Å². The summed E-state index contributed by atoms with van der Waals surface area (Å²) < 4.78 is 12.0. The number of hydrazone groups is 2. The molecule has 1 saturated heterocycles. The fourth-order valence-corrected chi connectivity index (χ4v) is 8.77. The smallest absolute Gasteiger partial charge is 0.300 e. The molecule has 0 spiro atoms. The number of fused-ring (bicyclic) bond motifs is 6. The Hall–Kier alpha value is -6.61. The molecule has 2 fully saturated rings. The van der Waals surface area contributed by atoms with E-state index < -0.39 is 5.97 Å². The maximum Gasteiger partial charge on any atom is 0.300 e. The van der Waals surface area contributed by atoms with Crippen molar-refractivity contribution in [3.05, 3.63) is 84.9 Å². The van der Waals surface area contributed by atoms with Crippen LogP contribution < -0.4 is 40.8 Å². The van der Waals surface area contributed by atoms with E-state index in [-0.39, 0.29) is 35.0 Å². The van der Waals surface area contributed by atoms with Gasteiger partial charge >= 0.3 is 0 Å². The summed E-state index contributed by atoms with van der Waals surface area (Å²) >= 11 is 0. The molecule has 318 valence electrons. The van der Waals surface area contributed by atoms with Crippen LogP contribution in [0.15, 0.2) is 95.1 Å². The van der Waals surface area contributed by atoms with E-state index in [0.29, 0.717) is 13.2 Å². The molecule has 5 aliphatic heterocycles. The number of amides is 2. The summed E-state index contributed by atoms with van der Waals surface area (Å²) in [5, 5.41) is 23.3. The Morgan fingerprint density at radius 1 is 0.721 bits per heavy atom. The SMILES string of the molecule is CC(=O)O.CC1C(=O)NN=C2COc3cc(-c4ccccc4)c(NC4(C)CCC4)cc3N21.CC1C(=O)NN=C2COc3cc(-c4ccccc4)c(NC4(C)CN(C)C4)cc3N21. The Balaban J connectivity index is 0.000000155. The lowest BCUT2D eigenvalue weighted by molar-refractivity contribution is -0.134. The number of benzene rings is 4. The molecule has 10 rings (SSSR count). The fraction of sp³-hybridized carbons (Fsp3) is 0.370. The highest BCUT2D eigenvalue weighted by molar-refractivity contribution is 6.11. The molecule has 0 bridgehead atoms. The number of carbonyl (C=O) groups excluding carboxylic acids is 2. The number of likely N-dealkylation sites (tertiary alicyclic amines) is 1. The van der Waals surface area contributed by atoms with Crippen molar-refractivity contribution in [1.82, 2.24) is 15.8 Å². The molecule has 2 unspecified atom stereocenters. The molecule has 0 radical (unpaired) electrons. The molecular formula is C46H53N9O6. The average molecular weight is 828 g/mol. The molecule has 1 saturated carbocycles. The second kappa shape index (κ2) is 16.4. The molecule has 15 nitrogen and oxygen atoms in total. The Morgan fingerprint density at radius 2 is 1.13 bits per heavy atom. The Morgan fingerprint density at radius 3 is 1.51 bits per heavy atom. The predicted octanol–water partition coefficient (Wildman–Crippen LogP) is 6.33. The highest BCUT2D eigenvalue weighted by atomic mass is 16.5. The summed E-state index contributed by atoms with van der Waals surface area (Å²) in [6.07, 6.45) is 3.56. The largest absolute Gasteiger partial charge is 0.483 e. The molecule has 4 aromatic rings. The maximum absolute atomic E-state index is 12.2. The monoisotopic (exact) mass is 827 g/mol. The zero-order valence-corrected chi connectivity index (χ0v) is 35.4. The van der Waals surface area contributed by atoms with E-state index in [9.17, 15) is 9.59 Å². The number of nitrogens with zero attached hydrogens (tertiary/aromatic N) is 5. The minimum atomic E-state index is -0.833. The van der Waals surface area contributed by atoms with E-state index in [1.807, 2.05) is 60.0 Å². The van der Waals surface area contributed by atoms with E-state index in [1.165, 1.54) is 6.42 Å². The van der Waals surface area contributed by atoms with Crippen molar-refractivity contribution in [2.75, 3.05) is 53.8 Å². The minimum absolute atomic E-state index is 0.00382. The first kappa shape index (κ1) is 41.1. The van der Waals surface area contributed by atoms with Crippen LogP contribution in [0.3, 0.4) is 0 Å². The van der Waals surface area contributed by atoms with E-state index in [2.05, 4.69) is 106 Å². The first-order valence-electron chi connectivity index (χ1n) is 20.7. The molecule has 2 amide bonds. The molecule has 6 aliphatic rings. The Kier molecular flexibility index (Phi) is 11.1. The first-order valence-corrected chi connectivity index (χ1v) is 20.7. The molecular weight excluding hydrogens is 775 g/mol. The Bertz CT molecular complexity index is 2390. The van der Waals surface area contributed by atoms with Gasteiger partial charge in [0.15, 0.2) is 11.7 Å². The molecule has 15 heteroatoms. The van der Waals surface area contributed by atoms with Gasteiger partial charge in [0.05, 0.1) is 16.9 Å². The number of hydrogen-bond acceptors (Lipinski definition) is 12. The summed E-state index contributed by atoms with van der Waals surface area (Å²) in [6, 6.07) is 28.4. The van der Waals surface area contributed by atoms with Crippen molar-refractivity contribution in [1.29, 1.82) is 0 Å². The van der Waals surface area contributed by atoms with Crippen LogP contribution in [0.2, 0.25) is 0 Å². The number of ether oxygens (including phenoxy) is 2. The quantitative estimate of drug-likeness (QED) is 0.147. The molecule has 4 aromatic carbocycles. The van der Waals surface area contributed by atoms with Gasteiger partial charge in [0.25, 0.3) is 17.8 Å². The maximum atomic E-state index is 12.2. The van der Waals surface area contributed by atoms with Crippen LogP contribution >= 0.6 is 0 Å². The van der Waals surface area contributed by atoms with Gasteiger partial charge in [0.1, 0.15) is 36.8 Å². The number of aliphatic carboxylic acids is 1. The molecule has 0 aromatic heterocycles. The van der Waals surface area contributed by atoms with Gasteiger partial charge in [-0.2, -0.15) is 10.2 Å². The second-order valence-electron chi connectivity index (χ2n) is 17.1. The summed E-state index contributed by atoms with van der Waals surface area (Å²) in [5.41, 5.74) is 13.6. The number of rotatable bonds is 6. The van der Waals surface area contributed by atoms with Crippen molar-refractivity contribution < 1.29 is 29.0 Å². The number of likely N-dealkylation sites (N-methyl/N-ethyl adjacent to an activating group) is 1. The van der Waals surface area contributed by atoms with Crippen molar-refractivity contribution >= 4 is 52.2 Å². The van der Waals surface area contributed by atoms with Crippen LogP contribution in [-0.2, 0) is 14.4 Å². The van der Waals surface area contributed by atoms with E-state index in [4.69, 9.17) is 19.4 Å². The lowest BCUT2D eigenvalue weighted by atomic mass is 9.78. The van der Waals surface area contributed by atoms with Gasteiger partial charge in [-0.05, 0) is 89.4 Å². The van der Waals surface area contributed by atoms with Crippen molar-refractivity contribution in [3.63, 3.8) is 0 Å². The van der Waals surface area contributed by atoms with E-state index >= 15 is 0 Å². The zero-order valence-electron chi connectivity index (χ0n) is 35.4. The normalized spacial score (nSPS) is 21.2. The highest BCUT2D eigenvalue weighted by Gasteiger charge is 2.40. The van der Waals surface area contributed by atoms with E-state index in [0.717, 1.165) is 101 Å². The Labute approximate surface area is 355 Å². The lowest BCUT2D eigenvalue weighted by Gasteiger charge is -2.48. The summed E-state index contributed by atoms with van der Waals surface area (Å²) in [4.78, 5) is 39.7. The number of carboxylic acids is 1. The van der Waals surface area contributed by atoms with Gasteiger partial charge in [-0.15, -0.1) is 0 Å². The summed E-state index contributed by atoms with van der Waals surface area (Å²) in [5.74, 6) is 1.94. The first-order chi connectivity index (χ1) is 29.2. The standard InChI is InChI=1S/C22H25N5O2.C22H24N4O2.C2H4O2/c1-14-21(28)25-24-20-11-29-19-9-16(15-7-5-4-6-8-15)17(10-18(19)27(14)20)23-22(2)12-26(3)13-22;1-14-21(27)25-24-20-13-28-19-11-16(15-7-4-3-5-8-15)17(12-18(19)26(14)20)23-22(2)9-6-10-22;1-2(3)4/h4-10,14,23H,11-13H2,1-3H3,(H,25,28);3-5,7-8,11-12,14,23H,6,9-10,13H2,1-2H3,(H,25,27);1H3,(H,3,4). The molecule has 61 heavy (non-hydrogen) atoms. The highest BCUT2D eigenvalue weighted by Crippen LogP contribution is 2.46. The number of nitrogens with one attached hydrogen (secondary N) is 4. The number of hydrogen-bond donors (Lipinski definition) is 5. The number of carboxylic acid groups (broad SMARTS) is 1.